The fourth-order valence-electron chi connectivity index (χ4n) is 1.82. The number of benzene rings is 1. The van der Waals surface area contributed by atoms with Crippen molar-refractivity contribution in [1.82, 2.24) is 15.4 Å². The van der Waals surface area contributed by atoms with Gasteiger partial charge in [0.25, 0.3) is 0 Å². The van der Waals surface area contributed by atoms with Crippen LogP contribution in [-0.2, 0) is 0 Å². The molecule has 0 saturated heterocycles. The Kier molecular flexibility index (Phi) is 5.48. The first-order valence-corrected chi connectivity index (χ1v) is 7.65. The molecular formula is C15H17N5OS. The lowest BCUT2D eigenvalue weighted by atomic mass is 10.1. The van der Waals surface area contributed by atoms with Crippen molar-refractivity contribution in [2.24, 2.45) is 10.8 Å². The summed E-state index contributed by atoms with van der Waals surface area (Å²) in [4.78, 5) is 19.6. The predicted molar refractivity (Wildman–Crippen MR) is 87.9 cm³/mol. The van der Waals surface area contributed by atoms with Crippen LogP contribution in [0.5, 0.6) is 0 Å². The minimum absolute atomic E-state index is 0.521. The van der Waals surface area contributed by atoms with Crippen molar-refractivity contribution in [3.05, 3.63) is 53.3 Å². The van der Waals surface area contributed by atoms with E-state index in [1.807, 2.05) is 50.2 Å². The van der Waals surface area contributed by atoms with Crippen molar-refractivity contribution in [3.63, 3.8) is 0 Å². The number of nitrogens with two attached hydrogens (primary N) is 1. The number of primary amides is 1. The van der Waals surface area contributed by atoms with Crippen molar-refractivity contribution >= 4 is 23.5 Å². The van der Waals surface area contributed by atoms with Crippen LogP contribution in [0.15, 0.2) is 46.7 Å². The van der Waals surface area contributed by atoms with Gasteiger partial charge in [-0.3, -0.25) is 0 Å². The zero-order valence-corrected chi connectivity index (χ0v) is 13.2. The van der Waals surface area contributed by atoms with Gasteiger partial charge in [-0.25, -0.2) is 20.2 Å². The number of nitrogens with zero attached hydrogens (tertiary/aromatic N) is 3. The molecule has 0 radical (unpaired) electrons. The number of rotatable bonds is 5. The molecule has 7 heteroatoms. The standard InChI is InChI=1S/C15H17N5OS/c1-10-8-11(2)18-15(17-10)22-9-13(19-20-14(16)21)12-6-4-3-5-7-12/h3-8H,9H2,1-2H3,(H3,16,20,21)/b19-13-. The molecular weight excluding hydrogens is 298 g/mol. The fourth-order valence-corrected chi connectivity index (χ4v) is 2.74. The van der Waals surface area contributed by atoms with Crippen LogP contribution >= 0.6 is 11.8 Å². The van der Waals surface area contributed by atoms with Gasteiger partial charge in [-0.05, 0) is 25.5 Å². The number of aromatic nitrogens is 2. The lowest BCUT2D eigenvalue weighted by molar-refractivity contribution is 0.249. The van der Waals surface area contributed by atoms with E-state index in [0.29, 0.717) is 16.6 Å². The number of nitrogens with one attached hydrogen (secondary N) is 1. The Morgan fingerprint density at radius 1 is 1.23 bits per heavy atom. The van der Waals surface area contributed by atoms with E-state index in [9.17, 15) is 4.79 Å². The molecule has 2 aromatic rings. The van der Waals surface area contributed by atoms with Gasteiger partial charge < -0.3 is 5.73 Å². The molecule has 0 atom stereocenters. The van der Waals surface area contributed by atoms with Gasteiger partial charge in [0, 0.05) is 17.1 Å². The smallest absolute Gasteiger partial charge is 0.332 e. The highest BCUT2D eigenvalue weighted by Crippen LogP contribution is 2.16. The Morgan fingerprint density at radius 2 is 1.86 bits per heavy atom. The summed E-state index contributed by atoms with van der Waals surface area (Å²) < 4.78 is 0. The van der Waals surface area contributed by atoms with Gasteiger partial charge in [-0.15, -0.1) is 0 Å². The van der Waals surface area contributed by atoms with E-state index in [0.717, 1.165) is 17.0 Å². The molecule has 22 heavy (non-hydrogen) atoms. The molecule has 6 nitrogen and oxygen atoms in total. The third-order valence-corrected chi connectivity index (χ3v) is 3.57. The van der Waals surface area contributed by atoms with Gasteiger partial charge >= 0.3 is 6.03 Å². The number of urea groups is 1. The van der Waals surface area contributed by atoms with Gasteiger partial charge in [-0.1, -0.05) is 42.1 Å². The van der Waals surface area contributed by atoms with Gasteiger partial charge in [0.15, 0.2) is 5.16 Å². The summed E-state index contributed by atoms with van der Waals surface area (Å²) in [5.41, 5.74) is 10.8. The Hall–Kier alpha value is -2.41. The Bertz CT molecular complexity index is 667. The number of hydrazone groups is 1. The van der Waals surface area contributed by atoms with E-state index >= 15 is 0 Å². The molecule has 0 saturated carbocycles. The molecule has 0 unspecified atom stereocenters. The summed E-state index contributed by atoms with van der Waals surface area (Å²) in [6, 6.07) is 10.8. The highest BCUT2D eigenvalue weighted by molar-refractivity contribution is 7.99. The van der Waals surface area contributed by atoms with Gasteiger partial charge in [-0.2, -0.15) is 5.10 Å². The van der Waals surface area contributed by atoms with Gasteiger partial charge in [0.1, 0.15) is 0 Å². The van der Waals surface area contributed by atoms with Crippen LogP contribution in [0.3, 0.4) is 0 Å². The van der Waals surface area contributed by atoms with Gasteiger partial charge in [0.2, 0.25) is 0 Å². The topological polar surface area (TPSA) is 93.3 Å². The summed E-state index contributed by atoms with van der Waals surface area (Å²) in [7, 11) is 0. The van der Waals surface area contributed by atoms with E-state index in [-0.39, 0.29) is 0 Å². The molecule has 0 spiro atoms. The molecule has 2 amide bonds. The fraction of sp³-hybridized carbons (Fsp3) is 0.200. The Balaban J connectivity index is 2.16. The molecule has 2 rings (SSSR count). The molecule has 0 fully saturated rings. The summed E-state index contributed by atoms with van der Waals surface area (Å²) >= 11 is 1.46. The summed E-state index contributed by atoms with van der Waals surface area (Å²) in [5.74, 6) is 0.521. The van der Waals surface area contributed by atoms with Crippen molar-refractivity contribution < 1.29 is 4.79 Å². The summed E-state index contributed by atoms with van der Waals surface area (Å²) in [6.45, 7) is 3.86. The summed E-state index contributed by atoms with van der Waals surface area (Å²) in [5, 5.41) is 4.75. The molecule has 1 aromatic heterocycles. The maximum absolute atomic E-state index is 10.9. The maximum atomic E-state index is 10.9. The highest BCUT2D eigenvalue weighted by Gasteiger charge is 2.08. The Morgan fingerprint density at radius 3 is 2.45 bits per heavy atom. The van der Waals surface area contributed by atoms with Crippen LogP contribution in [0.2, 0.25) is 0 Å². The lowest BCUT2D eigenvalue weighted by Crippen LogP contribution is -2.26. The normalized spacial score (nSPS) is 11.3. The van der Waals surface area contributed by atoms with Crippen LogP contribution < -0.4 is 11.2 Å². The number of hydrogen-bond donors (Lipinski definition) is 2. The van der Waals surface area contributed by atoms with Crippen molar-refractivity contribution in [1.29, 1.82) is 0 Å². The third kappa shape index (κ3) is 4.85. The molecule has 1 aromatic carbocycles. The van der Waals surface area contributed by atoms with Crippen LogP contribution in [-0.4, -0.2) is 27.5 Å². The Labute approximate surface area is 133 Å². The van der Waals surface area contributed by atoms with E-state index in [1.165, 1.54) is 11.8 Å². The van der Waals surface area contributed by atoms with Crippen molar-refractivity contribution in [2.75, 3.05) is 5.75 Å². The van der Waals surface area contributed by atoms with E-state index in [2.05, 4.69) is 20.5 Å². The lowest BCUT2D eigenvalue weighted by Gasteiger charge is -2.07. The molecule has 0 aliphatic heterocycles. The second-order valence-corrected chi connectivity index (χ2v) is 5.57. The zero-order valence-electron chi connectivity index (χ0n) is 12.4. The average molecular weight is 315 g/mol. The highest BCUT2D eigenvalue weighted by atomic mass is 32.2. The molecule has 0 aliphatic carbocycles. The summed E-state index contributed by atoms with van der Waals surface area (Å²) in [6.07, 6.45) is 0. The molecule has 0 bridgehead atoms. The van der Waals surface area contributed by atoms with Crippen molar-refractivity contribution in [2.45, 2.75) is 19.0 Å². The van der Waals surface area contributed by atoms with Gasteiger partial charge in [0.05, 0.1) is 5.71 Å². The number of thioether (sulfide) groups is 1. The van der Waals surface area contributed by atoms with Crippen molar-refractivity contribution in [3.8, 4) is 0 Å². The second kappa shape index (κ2) is 7.56. The molecule has 3 N–H and O–H groups in total. The number of amides is 2. The van der Waals surface area contributed by atoms with Crippen LogP contribution in [0.25, 0.3) is 0 Å². The zero-order chi connectivity index (χ0) is 15.9. The minimum Gasteiger partial charge on any atom is -0.350 e. The largest absolute Gasteiger partial charge is 0.350 e. The van der Waals surface area contributed by atoms with E-state index in [4.69, 9.17) is 5.73 Å². The monoisotopic (exact) mass is 315 g/mol. The maximum Gasteiger partial charge on any atom is 0.332 e. The van der Waals surface area contributed by atoms with Crippen LogP contribution in [0.4, 0.5) is 4.79 Å². The molecule has 114 valence electrons. The number of carbonyl (C=O) groups excluding carboxylic acids is 1. The second-order valence-electron chi connectivity index (χ2n) is 4.62. The first kappa shape index (κ1) is 16.0. The SMILES string of the molecule is Cc1cc(C)nc(SC/C(=N/NC(N)=O)c2ccccc2)n1. The quantitative estimate of drug-likeness (QED) is 0.383. The minimum atomic E-state index is -0.693. The van der Waals surface area contributed by atoms with E-state index < -0.39 is 6.03 Å². The average Bonchev–Trinajstić information content (AvgIpc) is 2.47. The number of aryl methyl sites for hydroxylation is 2. The van der Waals surface area contributed by atoms with E-state index in [1.54, 1.807) is 0 Å². The van der Waals surface area contributed by atoms with Crippen LogP contribution in [0, 0.1) is 13.8 Å². The number of carbonyl (C=O) groups is 1. The first-order valence-electron chi connectivity index (χ1n) is 6.67. The first-order chi connectivity index (χ1) is 10.5. The molecule has 0 aliphatic rings. The predicted octanol–water partition coefficient (Wildman–Crippen LogP) is 2.26. The third-order valence-electron chi connectivity index (χ3n) is 2.71. The number of hydrogen-bond acceptors (Lipinski definition) is 5. The van der Waals surface area contributed by atoms with Crippen LogP contribution in [0.1, 0.15) is 17.0 Å². The molecule has 1 heterocycles.